The van der Waals surface area contributed by atoms with Crippen molar-refractivity contribution >= 4 is 27.3 Å². The molecule has 4 rings (SSSR count). The summed E-state index contributed by atoms with van der Waals surface area (Å²) in [7, 11) is -1.79. The Labute approximate surface area is 171 Å². The molecule has 5 nitrogen and oxygen atoms in total. The van der Waals surface area contributed by atoms with E-state index in [0.29, 0.717) is 18.7 Å². The highest BCUT2D eigenvalue weighted by molar-refractivity contribution is 7.89. The van der Waals surface area contributed by atoms with Crippen molar-refractivity contribution in [1.82, 2.24) is 9.21 Å². The summed E-state index contributed by atoms with van der Waals surface area (Å²) in [6.45, 7) is 0.886. The van der Waals surface area contributed by atoms with Crippen LogP contribution in [-0.4, -0.2) is 43.2 Å². The van der Waals surface area contributed by atoms with Crippen LogP contribution in [0.2, 0.25) is 0 Å². The zero-order valence-electron chi connectivity index (χ0n) is 16.1. The first-order valence-corrected chi connectivity index (χ1v) is 12.2. The van der Waals surface area contributed by atoms with Crippen LogP contribution in [0.15, 0.2) is 40.6 Å². The smallest absolute Gasteiger partial charge is 0.253 e. The van der Waals surface area contributed by atoms with Gasteiger partial charge in [-0.3, -0.25) is 4.79 Å². The van der Waals surface area contributed by atoms with E-state index in [1.165, 1.54) is 15.6 Å². The number of hydrogen-bond donors (Lipinski definition) is 0. The van der Waals surface area contributed by atoms with E-state index in [1.54, 1.807) is 40.5 Å². The summed E-state index contributed by atoms with van der Waals surface area (Å²) < 4.78 is 27.9. The monoisotopic (exact) mass is 418 g/mol. The van der Waals surface area contributed by atoms with Gasteiger partial charge in [0.05, 0.1) is 4.90 Å². The van der Waals surface area contributed by atoms with Crippen molar-refractivity contribution in [3.8, 4) is 0 Å². The van der Waals surface area contributed by atoms with Crippen LogP contribution in [0.25, 0.3) is 0 Å². The van der Waals surface area contributed by atoms with E-state index in [4.69, 9.17) is 0 Å². The van der Waals surface area contributed by atoms with E-state index in [-0.39, 0.29) is 16.8 Å². The molecule has 1 aromatic carbocycles. The Kier molecular flexibility index (Phi) is 5.58. The van der Waals surface area contributed by atoms with Crippen molar-refractivity contribution < 1.29 is 13.2 Å². The molecule has 1 aliphatic carbocycles. The lowest BCUT2D eigenvalue weighted by atomic mass is 9.94. The second-order valence-electron chi connectivity index (χ2n) is 7.69. The van der Waals surface area contributed by atoms with Gasteiger partial charge in [0, 0.05) is 36.6 Å². The first kappa shape index (κ1) is 19.6. The summed E-state index contributed by atoms with van der Waals surface area (Å²) in [5, 5.41) is 2.02. The van der Waals surface area contributed by atoms with Crippen molar-refractivity contribution in [2.24, 2.45) is 0 Å². The Morgan fingerprint density at radius 3 is 2.75 bits per heavy atom. The molecule has 0 N–H and O–H groups in total. The van der Waals surface area contributed by atoms with Crippen LogP contribution in [0.3, 0.4) is 0 Å². The average Bonchev–Trinajstić information content (AvgIpc) is 3.21. The molecule has 0 unspecified atom stereocenters. The molecule has 1 aromatic heterocycles. The highest BCUT2D eigenvalue weighted by Gasteiger charge is 2.30. The first-order valence-electron chi connectivity index (χ1n) is 9.89. The number of fused-ring (bicyclic) bond motifs is 1. The summed E-state index contributed by atoms with van der Waals surface area (Å²) >= 11 is 1.69. The van der Waals surface area contributed by atoms with E-state index in [2.05, 4.69) is 0 Å². The maximum atomic E-state index is 13.2. The molecule has 0 radical (unpaired) electrons. The van der Waals surface area contributed by atoms with Gasteiger partial charge in [-0.1, -0.05) is 25.3 Å². The van der Waals surface area contributed by atoms with Crippen molar-refractivity contribution in [2.75, 3.05) is 13.6 Å². The zero-order valence-corrected chi connectivity index (χ0v) is 17.8. The molecule has 2 aliphatic rings. The van der Waals surface area contributed by atoms with Crippen LogP contribution in [0, 0.1) is 0 Å². The molecule has 0 bridgehead atoms. The fourth-order valence-electron chi connectivity index (χ4n) is 4.20. The molecule has 1 saturated carbocycles. The SMILES string of the molecule is CN(C(=O)c1cccc(S(=O)(=O)N2CCc3sccc3C2)c1)C1CCCCC1. The Hall–Kier alpha value is -1.70. The van der Waals surface area contributed by atoms with E-state index in [9.17, 15) is 13.2 Å². The van der Waals surface area contributed by atoms with E-state index in [1.807, 2.05) is 18.5 Å². The number of amides is 1. The van der Waals surface area contributed by atoms with Crippen LogP contribution in [0.1, 0.15) is 52.9 Å². The van der Waals surface area contributed by atoms with Crippen LogP contribution < -0.4 is 0 Å². The third-order valence-electron chi connectivity index (χ3n) is 5.93. The van der Waals surface area contributed by atoms with E-state index < -0.39 is 10.0 Å². The summed E-state index contributed by atoms with van der Waals surface area (Å²) in [5.74, 6) is -0.0947. The zero-order chi connectivity index (χ0) is 19.7. The van der Waals surface area contributed by atoms with Crippen LogP contribution in [0.5, 0.6) is 0 Å². The Morgan fingerprint density at radius 2 is 1.96 bits per heavy atom. The molecule has 28 heavy (non-hydrogen) atoms. The van der Waals surface area contributed by atoms with Gasteiger partial charge in [0.1, 0.15) is 0 Å². The minimum Gasteiger partial charge on any atom is -0.339 e. The predicted molar refractivity (Wildman–Crippen MR) is 111 cm³/mol. The van der Waals surface area contributed by atoms with Gasteiger partial charge in [0.25, 0.3) is 5.91 Å². The molecular formula is C21H26N2O3S2. The topological polar surface area (TPSA) is 57.7 Å². The molecular weight excluding hydrogens is 392 g/mol. The Morgan fingerprint density at radius 1 is 1.18 bits per heavy atom. The average molecular weight is 419 g/mol. The molecule has 150 valence electrons. The molecule has 7 heteroatoms. The van der Waals surface area contributed by atoms with Crippen molar-refractivity contribution in [3.63, 3.8) is 0 Å². The molecule has 1 fully saturated rings. The summed E-state index contributed by atoms with van der Waals surface area (Å²) in [4.78, 5) is 16.2. The molecule has 2 aromatic rings. The lowest BCUT2D eigenvalue weighted by Crippen LogP contribution is -2.38. The first-order chi connectivity index (χ1) is 13.5. The highest BCUT2D eigenvalue weighted by Crippen LogP contribution is 2.29. The number of nitrogens with zero attached hydrogens (tertiary/aromatic N) is 2. The lowest BCUT2D eigenvalue weighted by Gasteiger charge is -2.31. The van der Waals surface area contributed by atoms with Gasteiger partial charge in [-0.2, -0.15) is 4.31 Å². The summed E-state index contributed by atoms with van der Waals surface area (Å²) in [6.07, 6.45) is 6.32. The van der Waals surface area contributed by atoms with Gasteiger partial charge in [-0.25, -0.2) is 8.42 Å². The number of sulfonamides is 1. The maximum Gasteiger partial charge on any atom is 0.253 e. The van der Waals surface area contributed by atoms with Gasteiger partial charge >= 0.3 is 0 Å². The number of hydrogen-bond acceptors (Lipinski definition) is 4. The fraction of sp³-hybridized carbons (Fsp3) is 0.476. The number of carbonyl (C=O) groups excluding carboxylic acids is 1. The number of benzene rings is 1. The molecule has 0 saturated heterocycles. The fourth-order valence-corrected chi connectivity index (χ4v) is 6.56. The van der Waals surface area contributed by atoms with Gasteiger partial charge in [-0.15, -0.1) is 11.3 Å². The number of carbonyl (C=O) groups is 1. The van der Waals surface area contributed by atoms with Gasteiger partial charge in [0.15, 0.2) is 0 Å². The van der Waals surface area contributed by atoms with Crippen molar-refractivity contribution in [2.45, 2.75) is 56.0 Å². The third kappa shape index (κ3) is 3.75. The van der Waals surface area contributed by atoms with Gasteiger partial charge in [0.2, 0.25) is 10.0 Å². The second kappa shape index (κ2) is 7.97. The Balaban J connectivity index is 1.55. The molecule has 0 spiro atoms. The van der Waals surface area contributed by atoms with Crippen LogP contribution in [0.4, 0.5) is 0 Å². The third-order valence-corrected chi connectivity index (χ3v) is 8.80. The van der Waals surface area contributed by atoms with Gasteiger partial charge in [-0.05, 0) is 54.5 Å². The summed E-state index contributed by atoms with van der Waals surface area (Å²) in [6, 6.07) is 8.78. The number of rotatable bonds is 4. The Bertz CT molecular complexity index is 962. The molecule has 2 heterocycles. The number of thiophene rings is 1. The predicted octanol–water partition coefficient (Wildman–Crippen LogP) is 3.90. The minimum atomic E-state index is -3.62. The van der Waals surface area contributed by atoms with Crippen molar-refractivity contribution in [3.05, 3.63) is 51.7 Å². The standard InChI is InChI=1S/C21H26N2O3S2/c1-22(18-7-3-2-4-8-18)21(24)16-6-5-9-19(14-16)28(25,26)23-12-10-20-17(15-23)11-13-27-20/h5-6,9,11,13-14,18H,2-4,7-8,10,12,15H2,1H3. The second-order valence-corrected chi connectivity index (χ2v) is 10.6. The minimum absolute atomic E-state index is 0.0947. The largest absolute Gasteiger partial charge is 0.339 e. The van der Waals surface area contributed by atoms with E-state index >= 15 is 0 Å². The van der Waals surface area contributed by atoms with Crippen LogP contribution >= 0.6 is 11.3 Å². The van der Waals surface area contributed by atoms with Gasteiger partial charge < -0.3 is 4.90 Å². The summed E-state index contributed by atoms with van der Waals surface area (Å²) in [5.41, 5.74) is 1.53. The van der Waals surface area contributed by atoms with Crippen LogP contribution in [-0.2, 0) is 23.0 Å². The van der Waals surface area contributed by atoms with Crippen molar-refractivity contribution in [1.29, 1.82) is 0 Å². The molecule has 0 atom stereocenters. The lowest BCUT2D eigenvalue weighted by molar-refractivity contribution is 0.0696. The van der Waals surface area contributed by atoms with E-state index in [0.717, 1.165) is 37.7 Å². The normalized spacial score (nSPS) is 18.6. The highest BCUT2D eigenvalue weighted by atomic mass is 32.2. The molecule has 1 amide bonds. The maximum absolute atomic E-state index is 13.2. The molecule has 1 aliphatic heterocycles. The quantitative estimate of drug-likeness (QED) is 0.757.